The molecule has 1 amide bonds. The van der Waals surface area contributed by atoms with E-state index in [2.05, 4.69) is 24.4 Å². The molecule has 1 heterocycles. The molecule has 0 radical (unpaired) electrons. The van der Waals surface area contributed by atoms with Crippen molar-refractivity contribution in [2.24, 2.45) is 4.99 Å². The Kier molecular flexibility index (Phi) is 6.77. The lowest BCUT2D eigenvalue weighted by Gasteiger charge is -2.30. The number of hydrogen-bond donors (Lipinski definition) is 1. The Morgan fingerprint density at radius 2 is 1.73 bits per heavy atom. The van der Waals surface area contributed by atoms with Crippen molar-refractivity contribution in [3.05, 3.63) is 101 Å². The number of amides is 1. The summed E-state index contributed by atoms with van der Waals surface area (Å²) in [4.78, 5) is 21.8. The van der Waals surface area contributed by atoms with E-state index in [9.17, 15) is 4.79 Å². The number of hydrogen-bond acceptors (Lipinski definition) is 3. The summed E-state index contributed by atoms with van der Waals surface area (Å²) in [5, 5.41) is 4.21. The Labute approximate surface area is 204 Å². The number of carbonyl (C=O) groups excluding carboxylic acids is 1. The molecule has 0 saturated heterocycles. The van der Waals surface area contributed by atoms with E-state index in [1.165, 1.54) is 0 Å². The minimum atomic E-state index is -0.880. The van der Waals surface area contributed by atoms with Gasteiger partial charge in [-0.25, -0.2) is 4.99 Å². The van der Waals surface area contributed by atoms with Crippen LogP contribution in [0, 0.1) is 0 Å². The summed E-state index contributed by atoms with van der Waals surface area (Å²) < 4.78 is 0. The third-order valence-corrected chi connectivity index (χ3v) is 6.53. The molecule has 5 nitrogen and oxygen atoms in total. The molecule has 3 aromatic carbocycles. The van der Waals surface area contributed by atoms with Crippen LogP contribution in [-0.2, 0) is 4.79 Å². The lowest BCUT2D eigenvalue weighted by Crippen LogP contribution is -2.50. The molecule has 1 aliphatic rings. The minimum absolute atomic E-state index is 0.0263. The van der Waals surface area contributed by atoms with Crippen LogP contribution in [0.25, 0.3) is 0 Å². The van der Waals surface area contributed by atoms with E-state index in [1.807, 2.05) is 72.6 Å². The Hall–Kier alpha value is -3.22. The number of benzodiazepines with no additional fused rings is 1. The number of likely N-dealkylation sites (N-methyl/N-ethyl adjacent to an activating group) is 1. The van der Waals surface area contributed by atoms with Crippen LogP contribution in [0.5, 0.6) is 0 Å². The summed E-state index contributed by atoms with van der Waals surface area (Å²) in [7, 11) is 3.65. The fourth-order valence-corrected chi connectivity index (χ4v) is 4.26. The van der Waals surface area contributed by atoms with E-state index in [0.717, 1.165) is 22.4 Å². The maximum absolute atomic E-state index is 13.4. The van der Waals surface area contributed by atoms with E-state index in [1.54, 1.807) is 18.0 Å². The fourth-order valence-electron chi connectivity index (χ4n) is 3.82. The van der Waals surface area contributed by atoms with Crippen LogP contribution >= 0.6 is 23.8 Å². The van der Waals surface area contributed by atoms with Gasteiger partial charge in [-0.15, -0.1) is 0 Å². The zero-order valence-electron chi connectivity index (χ0n) is 18.7. The molecule has 168 valence electrons. The number of anilines is 1. The molecule has 0 spiro atoms. The normalized spacial score (nSPS) is 16.4. The molecule has 7 heteroatoms. The fraction of sp³-hybridized carbons (Fsp3) is 0.192. The van der Waals surface area contributed by atoms with Crippen molar-refractivity contribution in [1.82, 2.24) is 10.2 Å². The highest BCUT2D eigenvalue weighted by molar-refractivity contribution is 7.80. The van der Waals surface area contributed by atoms with Gasteiger partial charge in [-0.05, 0) is 42.9 Å². The van der Waals surface area contributed by atoms with E-state index >= 15 is 0 Å². The van der Waals surface area contributed by atoms with E-state index in [0.29, 0.717) is 15.8 Å². The SMILES string of the molecule is CC(c1ccccc1)N(C)C(=S)NC1N=C(c2ccccc2)c2cc(Cl)ccc2N(C)C1=O. The van der Waals surface area contributed by atoms with Crippen molar-refractivity contribution in [1.29, 1.82) is 0 Å². The lowest BCUT2D eigenvalue weighted by molar-refractivity contribution is -0.119. The summed E-state index contributed by atoms with van der Waals surface area (Å²) in [6, 6.07) is 25.4. The number of carbonyl (C=O) groups is 1. The van der Waals surface area contributed by atoms with Crippen LogP contribution in [0.2, 0.25) is 5.02 Å². The Morgan fingerprint density at radius 1 is 1.09 bits per heavy atom. The number of rotatable bonds is 4. The number of nitrogens with zero attached hydrogens (tertiary/aromatic N) is 3. The van der Waals surface area contributed by atoms with Crippen LogP contribution < -0.4 is 10.2 Å². The second-order valence-electron chi connectivity index (χ2n) is 7.95. The minimum Gasteiger partial charge on any atom is -0.346 e. The first-order chi connectivity index (χ1) is 15.9. The average Bonchev–Trinajstić information content (AvgIpc) is 2.94. The Morgan fingerprint density at radius 3 is 2.39 bits per heavy atom. The van der Waals surface area contributed by atoms with Crippen LogP contribution in [0.15, 0.2) is 83.9 Å². The van der Waals surface area contributed by atoms with Gasteiger partial charge in [0.15, 0.2) is 5.11 Å². The monoisotopic (exact) mass is 476 g/mol. The Balaban J connectivity index is 1.70. The summed E-state index contributed by atoms with van der Waals surface area (Å²) in [5.74, 6) is -0.201. The lowest BCUT2D eigenvalue weighted by atomic mass is 10.0. The third-order valence-electron chi connectivity index (χ3n) is 5.89. The highest BCUT2D eigenvalue weighted by Gasteiger charge is 2.31. The predicted molar refractivity (Wildman–Crippen MR) is 139 cm³/mol. The summed E-state index contributed by atoms with van der Waals surface area (Å²) in [5.41, 5.74) is 4.25. The highest BCUT2D eigenvalue weighted by atomic mass is 35.5. The molecule has 3 aromatic rings. The van der Waals surface area contributed by atoms with Gasteiger partial charge in [-0.3, -0.25) is 4.79 Å². The largest absolute Gasteiger partial charge is 0.346 e. The predicted octanol–water partition coefficient (Wildman–Crippen LogP) is 5.05. The van der Waals surface area contributed by atoms with Gasteiger partial charge in [0.05, 0.1) is 17.4 Å². The van der Waals surface area contributed by atoms with Gasteiger partial charge < -0.3 is 15.1 Å². The first-order valence-electron chi connectivity index (χ1n) is 10.7. The number of aliphatic imine (C=N–C) groups is 1. The molecular weight excluding hydrogens is 452 g/mol. The molecule has 1 N–H and O–H groups in total. The van der Waals surface area contributed by atoms with Crippen LogP contribution in [0.4, 0.5) is 5.69 Å². The summed E-state index contributed by atoms with van der Waals surface area (Å²) >= 11 is 12.0. The molecular formula is C26H25ClN4OS. The van der Waals surface area contributed by atoms with Gasteiger partial charge in [-0.1, -0.05) is 72.3 Å². The van der Waals surface area contributed by atoms with Crippen molar-refractivity contribution >= 4 is 46.2 Å². The maximum Gasteiger partial charge on any atom is 0.272 e. The molecule has 4 rings (SSSR count). The van der Waals surface area contributed by atoms with E-state index in [-0.39, 0.29) is 11.9 Å². The molecule has 0 saturated carbocycles. The number of fused-ring (bicyclic) bond motifs is 1. The molecule has 0 aromatic heterocycles. The number of halogens is 1. The van der Waals surface area contributed by atoms with Gasteiger partial charge in [0, 0.05) is 30.2 Å². The van der Waals surface area contributed by atoms with Crippen LogP contribution in [0.3, 0.4) is 0 Å². The van der Waals surface area contributed by atoms with Crippen molar-refractivity contribution in [2.75, 3.05) is 19.0 Å². The summed E-state index contributed by atoms with van der Waals surface area (Å²) in [6.07, 6.45) is -0.880. The van der Waals surface area contributed by atoms with Crippen molar-refractivity contribution in [3.63, 3.8) is 0 Å². The maximum atomic E-state index is 13.4. The number of nitrogens with one attached hydrogen (secondary N) is 1. The molecule has 0 aliphatic carbocycles. The third kappa shape index (κ3) is 4.77. The van der Waals surface area contributed by atoms with Crippen molar-refractivity contribution in [2.45, 2.75) is 19.1 Å². The number of benzene rings is 3. The van der Waals surface area contributed by atoms with E-state index in [4.69, 9.17) is 28.8 Å². The zero-order chi connectivity index (χ0) is 23.5. The quantitative estimate of drug-likeness (QED) is 0.535. The molecule has 0 bridgehead atoms. The number of thiocarbonyl (C=S) groups is 1. The van der Waals surface area contributed by atoms with Crippen LogP contribution in [-0.4, -0.2) is 41.9 Å². The smallest absolute Gasteiger partial charge is 0.272 e. The van der Waals surface area contributed by atoms with Gasteiger partial charge in [0.2, 0.25) is 6.17 Å². The van der Waals surface area contributed by atoms with Gasteiger partial charge in [-0.2, -0.15) is 0 Å². The molecule has 1 aliphatic heterocycles. The van der Waals surface area contributed by atoms with E-state index < -0.39 is 6.17 Å². The standard InChI is InChI=1S/C26H25ClN4OS/c1-17(18-10-6-4-7-11-18)30(2)26(33)29-24-25(32)31(3)22-15-14-20(27)16-21(22)23(28-24)19-12-8-5-9-13-19/h4-17,24H,1-3H3,(H,29,33). The molecule has 0 fully saturated rings. The molecule has 2 unspecified atom stereocenters. The van der Waals surface area contributed by atoms with Crippen molar-refractivity contribution < 1.29 is 4.79 Å². The average molecular weight is 477 g/mol. The second kappa shape index (κ2) is 9.73. The van der Waals surface area contributed by atoms with Gasteiger partial charge >= 0.3 is 0 Å². The van der Waals surface area contributed by atoms with Gasteiger partial charge in [0.1, 0.15) is 0 Å². The molecule has 2 atom stereocenters. The van der Waals surface area contributed by atoms with Crippen molar-refractivity contribution in [3.8, 4) is 0 Å². The second-order valence-corrected chi connectivity index (χ2v) is 8.78. The summed E-state index contributed by atoms with van der Waals surface area (Å²) in [6.45, 7) is 2.07. The first kappa shape index (κ1) is 23.0. The van der Waals surface area contributed by atoms with Crippen LogP contribution in [0.1, 0.15) is 29.7 Å². The zero-order valence-corrected chi connectivity index (χ0v) is 20.3. The highest BCUT2D eigenvalue weighted by Crippen LogP contribution is 2.30. The van der Waals surface area contributed by atoms with Gasteiger partial charge in [0.25, 0.3) is 5.91 Å². The Bertz CT molecular complexity index is 1200. The molecule has 33 heavy (non-hydrogen) atoms. The first-order valence-corrected chi connectivity index (χ1v) is 11.4. The topological polar surface area (TPSA) is 47.9 Å².